The fraction of sp³-hybridized carbons (Fsp3) is 0.529. The van der Waals surface area contributed by atoms with E-state index in [0.717, 1.165) is 12.0 Å². The van der Waals surface area contributed by atoms with E-state index in [1.54, 1.807) is 4.90 Å². The minimum Gasteiger partial charge on any atom is -0.480 e. The lowest BCUT2D eigenvalue weighted by atomic mass is 10.1. The second kappa shape index (κ2) is 8.53. The molecule has 0 bridgehead atoms. The van der Waals surface area contributed by atoms with E-state index in [1.165, 1.54) is 0 Å². The molecule has 1 amide bonds. The van der Waals surface area contributed by atoms with Crippen LogP contribution in [0.1, 0.15) is 25.3 Å². The minimum atomic E-state index is -0.785. The molecule has 1 fully saturated rings. The fourth-order valence-electron chi connectivity index (χ4n) is 2.76. The van der Waals surface area contributed by atoms with Crippen molar-refractivity contribution in [3.05, 3.63) is 35.9 Å². The smallest absolute Gasteiger partial charge is 0.410 e. The highest BCUT2D eigenvalue weighted by Gasteiger charge is 2.30. The van der Waals surface area contributed by atoms with Gasteiger partial charge in [-0.3, -0.25) is 9.69 Å². The molecule has 0 radical (unpaired) electrons. The monoisotopic (exact) mass is 320 g/mol. The number of nitrogens with zero attached hydrogens (tertiary/aromatic N) is 2. The molecular formula is C17H24N2O4. The second-order valence-electron chi connectivity index (χ2n) is 5.71. The summed E-state index contributed by atoms with van der Waals surface area (Å²) in [4.78, 5) is 27.0. The molecule has 126 valence electrons. The Labute approximate surface area is 136 Å². The van der Waals surface area contributed by atoms with E-state index in [2.05, 4.69) is 0 Å². The normalized spacial score (nSPS) is 16.8. The van der Waals surface area contributed by atoms with Crippen LogP contribution in [0.15, 0.2) is 30.3 Å². The third-order valence-electron chi connectivity index (χ3n) is 4.07. The van der Waals surface area contributed by atoms with Crippen molar-refractivity contribution in [3.63, 3.8) is 0 Å². The van der Waals surface area contributed by atoms with Crippen molar-refractivity contribution in [1.29, 1.82) is 0 Å². The molecule has 0 aliphatic carbocycles. The number of benzene rings is 1. The molecular weight excluding hydrogens is 296 g/mol. The summed E-state index contributed by atoms with van der Waals surface area (Å²) in [5, 5.41) is 9.30. The zero-order valence-electron chi connectivity index (χ0n) is 13.5. The Balaban J connectivity index is 1.79. The molecule has 2 rings (SSSR count). The fourth-order valence-corrected chi connectivity index (χ4v) is 2.76. The molecule has 23 heavy (non-hydrogen) atoms. The molecule has 0 aromatic heterocycles. The molecule has 6 heteroatoms. The van der Waals surface area contributed by atoms with Gasteiger partial charge in [0.05, 0.1) is 0 Å². The Hall–Kier alpha value is -2.08. The first-order valence-electron chi connectivity index (χ1n) is 8.04. The third-order valence-corrected chi connectivity index (χ3v) is 4.07. The highest BCUT2D eigenvalue weighted by atomic mass is 16.6. The lowest BCUT2D eigenvalue weighted by molar-refractivity contribution is -0.144. The van der Waals surface area contributed by atoms with Gasteiger partial charge in [0.1, 0.15) is 12.6 Å². The van der Waals surface area contributed by atoms with Crippen molar-refractivity contribution in [2.45, 2.75) is 32.4 Å². The van der Waals surface area contributed by atoms with E-state index in [-0.39, 0.29) is 12.7 Å². The number of piperazine rings is 1. The van der Waals surface area contributed by atoms with Crippen molar-refractivity contribution in [3.8, 4) is 0 Å². The van der Waals surface area contributed by atoms with Gasteiger partial charge in [0.25, 0.3) is 0 Å². The lowest BCUT2D eigenvalue weighted by Crippen LogP contribution is -2.54. The molecule has 6 nitrogen and oxygen atoms in total. The van der Waals surface area contributed by atoms with E-state index in [0.29, 0.717) is 32.6 Å². The Bertz CT molecular complexity index is 513. The molecule has 0 saturated carbocycles. The Morgan fingerprint density at radius 1 is 1.17 bits per heavy atom. The van der Waals surface area contributed by atoms with E-state index in [9.17, 15) is 14.7 Å². The summed E-state index contributed by atoms with van der Waals surface area (Å²) in [7, 11) is 0. The number of carbonyl (C=O) groups is 2. The van der Waals surface area contributed by atoms with E-state index >= 15 is 0 Å². The Morgan fingerprint density at radius 3 is 2.39 bits per heavy atom. The lowest BCUT2D eigenvalue weighted by Gasteiger charge is -2.37. The summed E-state index contributed by atoms with van der Waals surface area (Å²) in [5.74, 6) is -0.785. The molecule has 1 heterocycles. The predicted octanol–water partition coefficient (Wildman–Crippen LogP) is 2.19. The molecule has 1 saturated heterocycles. The van der Waals surface area contributed by atoms with Gasteiger partial charge in [-0.15, -0.1) is 0 Å². The maximum atomic E-state index is 12.1. The number of hydrogen-bond acceptors (Lipinski definition) is 4. The number of hydrogen-bond donors (Lipinski definition) is 1. The van der Waals surface area contributed by atoms with Crippen molar-refractivity contribution < 1.29 is 19.4 Å². The van der Waals surface area contributed by atoms with Crippen LogP contribution in [0.4, 0.5) is 4.79 Å². The highest BCUT2D eigenvalue weighted by molar-refractivity contribution is 5.73. The number of aliphatic carboxylic acids is 1. The first kappa shape index (κ1) is 17.3. The maximum Gasteiger partial charge on any atom is 0.410 e. The van der Waals surface area contributed by atoms with Crippen LogP contribution in [0.2, 0.25) is 0 Å². The minimum absolute atomic E-state index is 0.257. The van der Waals surface area contributed by atoms with Gasteiger partial charge in [-0.25, -0.2) is 4.79 Å². The Kier molecular flexibility index (Phi) is 6.40. The molecule has 1 aliphatic rings. The van der Waals surface area contributed by atoms with Crippen molar-refractivity contribution in [2.75, 3.05) is 26.2 Å². The van der Waals surface area contributed by atoms with Gasteiger partial charge in [0.2, 0.25) is 0 Å². The average molecular weight is 320 g/mol. The van der Waals surface area contributed by atoms with Gasteiger partial charge in [0, 0.05) is 26.2 Å². The van der Waals surface area contributed by atoms with Crippen LogP contribution >= 0.6 is 0 Å². The summed E-state index contributed by atoms with van der Waals surface area (Å²) in [6.45, 7) is 4.37. The third kappa shape index (κ3) is 4.96. The van der Waals surface area contributed by atoms with E-state index in [1.807, 2.05) is 42.2 Å². The number of amides is 1. The SMILES string of the molecule is CCCC(C(=O)O)N1CCN(C(=O)OCc2ccccc2)CC1. The molecule has 1 unspecified atom stereocenters. The number of rotatable bonds is 6. The molecule has 0 spiro atoms. The first-order chi connectivity index (χ1) is 11.1. The standard InChI is InChI=1S/C17H24N2O4/c1-2-6-15(16(20)21)18-9-11-19(12-10-18)17(22)23-13-14-7-4-3-5-8-14/h3-5,7-8,15H,2,6,9-13H2,1H3,(H,20,21). The summed E-state index contributed by atoms with van der Waals surface area (Å²) < 4.78 is 5.31. The van der Waals surface area contributed by atoms with Crippen molar-refractivity contribution >= 4 is 12.1 Å². The predicted molar refractivity (Wildman–Crippen MR) is 86.1 cm³/mol. The van der Waals surface area contributed by atoms with Crippen LogP contribution in [0.5, 0.6) is 0 Å². The molecule has 1 atom stereocenters. The van der Waals surface area contributed by atoms with E-state index in [4.69, 9.17) is 4.74 Å². The zero-order chi connectivity index (χ0) is 16.7. The van der Waals surface area contributed by atoms with Gasteiger partial charge in [-0.05, 0) is 12.0 Å². The Morgan fingerprint density at radius 2 is 1.83 bits per heavy atom. The van der Waals surface area contributed by atoms with Crippen molar-refractivity contribution in [2.24, 2.45) is 0 Å². The number of carbonyl (C=O) groups excluding carboxylic acids is 1. The van der Waals surface area contributed by atoms with Crippen molar-refractivity contribution in [1.82, 2.24) is 9.80 Å². The van der Waals surface area contributed by atoms with Crippen LogP contribution in [-0.4, -0.2) is 59.2 Å². The molecule has 1 N–H and O–H groups in total. The van der Waals surface area contributed by atoms with Gasteiger partial charge in [-0.2, -0.15) is 0 Å². The molecule has 1 aliphatic heterocycles. The zero-order valence-corrected chi connectivity index (χ0v) is 13.5. The van der Waals surface area contributed by atoms with Crippen LogP contribution in [0, 0.1) is 0 Å². The van der Waals surface area contributed by atoms with Gasteiger partial charge in [0.15, 0.2) is 0 Å². The molecule has 1 aromatic rings. The summed E-state index contributed by atoms with van der Waals surface area (Å²) in [5.41, 5.74) is 0.952. The summed E-state index contributed by atoms with van der Waals surface area (Å²) in [6.07, 6.45) is 1.13. The van der Waals surface area contributed by atoms with Gasteiger partial charge < -0.3 is 14.7 Å². The largest absolute Gasteiger partial charge is 0.480 e. The van der Waals surface area contributed by atoms with Gasteiger partial charge >= 0.3 is 12.1 Å². The second-order valence-corrected chi connectivity index (χ2v) is 5.71. The van der Waals surface area contributed by atoms with E-state index < -0.39 is 12.0 Å². The molecule has 1 aromatic carbocycles. The first-order valence-corrected chi connectivity index (χ1v) is 8.04. The number of ether oxygens (including phenoxy) is 1. The topological polar surface area (TPSA) is 70.1 Å². The summed E-state index contributed by atoms with van der Waals surface area (Å²) in [6, 6.07) is 9.09. The highest BCUT2D eigenvalue weighted by Crippen LogP contribution is 2.13. The number of carboxylic acid groups (broad SMARTS) is 1. The van der Waals surface area contributed by atoms with Crippen LogP contribution in [0.25, 0.3) is 0 Å². The average Bonchev–Trinajstić information content (AvgIpc) is 2.58. The maximum absolute atomic E-state index is 12.1. The van der Waals surface area contributed by atoms with Crippen LogP contribution in [-0.2, 0) is 16.1 Å². The number of carboxylic acids is 1. The summed E-state index contributed by atoms with van der Waals surface area (Å²) >= 11 is 0. The van der Waals surface area contributed by atoms with Gasteiger partial charge in [-0.1, -0.05) is 43.7 Å². The van der Waals surface area contributed by atoms with Crippen LogP contribution in [0.3, 0.4) is 0 Å². The van der Waals surface area contributed by atoms with Crippen LogP contribution < -0.4 is 0 Å². The quantitative estimate of drug-likeness (QED) is 0.870.